The van der Waals surface area contributed by atoms with E-state index in [-0.39, 0.29) is 17.9 Å². The highest BCUT2D eigenvalue weighted by atomic mass is 16.6. The van der Waals surface area contributed by atoms with Crippen molar-refractivity contribution in [3.05, 3.63) is 29.8 Å². The van der Waals surface area contributed by atoms with Gasteiger partial charge in [-0.1, -0.05) is 6.07 Å². The van der Waals surface area contributed by atoms with Gasteiger partial charge in [-0.15, -0.1) is 0 Å². The van der Waals surface area contributed by atoms with Crippen molar-refractivity contribution in [1.29, 1.82) is 0 Å². The number of benzene rings is 1. The summed E-state index contributed by atoms with van der Waals surface area (Å²) in [5.74, 6) is -0.285. The van der Waals surface area contributed by atoms with Crippen LogP contribution in [-0.2, 0) is 9.53 Å². The molecule has 0 spiro atoms. The van der Waals surface area contributed by atoms with Gasteiger partial charge in [0.15, 0.2) is 0 Å². The molecule has 7 nitrogen and oxygen atoms in total. The predicted octanol–water partition coefficient (Wildman–Crippen LogP) is 1.95. The van der Waals surface area contributed by atoms with Crippen LogP contribution < -0.4 is 5.32 Å². The maximum Gasteiger partial charge on any atom is 0.409 e. The van der Waals surface area contributed by atoms with Crippen molar-refractivity contribution in [1.82, 2.24) is 9.80 Å². The number of nitrogens with zero attached hydrogens (tertiary/aromatic N) is 2. The van der Waals surface area contributed by atoms with Gasteiger partial charge in [0.25, 0.3) is 5.91 Å². The maximum absolute atomic E-state index is 12.7. The van der Waals surface area contributed by atoms with Gasteiger partial charge in [-0.2, -0.15) is 0 Å². The summed E-state index contributed by atoms with van der Waals surface area (Å²) in [7, 11) is 0. The summed E-state index contributed by atoms with van der Waals surface area (Å²) in [4.78, 5) is 39.0. The molecule has 0 aliphatic carbocycles. The first-order valence-corrected chi connectivity index (χ1v) is 8.10. The maximum atomic E-state index is 12.7. The molecule has 3 amide bonds. The van der Waals surface area contributed by atoms with Crippen LogP contribution in [0.1, 0.15) is 30.6 Å². The van der Waals surface area contributed by atoms with Crippen molar-refractivity contribution in [3.63, 3.8) is 0 Å². The molecule has 1 aromatic carbocycles. The standard InChI is InChI=1S/C17H23N3O4/c1-3-24-17(23)20-9-5-8-19(10-11-20)16(22)14-6-4-7-15(12-14)18-13(2)21/h4,6-7,12H,3,5,8-11H2,1-2H3,(H,18,21). The van der Waals surface area contributed by atoms with E-state index in [1.807, 2.05) is 0 Å². The quantitative estimate of drug-likeness (QED) is 0.917. The number of carbonyl (C=O) groups excluding carboxylic acids is 3. The third-order valence-electron chi connectivity index (χ3n) is 3.74. The van der Waals surface area contributed by atoms with Gasteiger partial charge in [0.05, 0.1) is 6.61 Å². The lowest BCUT2D eigenvalue weighted by molar-refractivity contribution is -0.114. The van der Waals surface area contributed by atoms with Crippen molar-refractivity contribution in [2.24, 2.45) is 0 Å². The molecular weight excluding hydrogens is 310 g/mol. The third kappa shape index (κ3) is 4.71. The fraction of sp³-hybridized carbons (Fsp3) is 0.471. The van der Waals surface area contributed by atoms with E-state index in [4.69, 9.17) is 4.74 Å². The Hall–Kier alpha value is -2.57. The van der Waals surface area contributed by atoms with Crippen LogP contribution in [-0.4, -0.2) is 60.5 Å². The average molecular weight is 333 g/mol. The van der Waals surface area contributed by atoms with E-state index < -0.39 is 0 Å². The van der Waals surface area contributed by atoms with Crippen molar-refractivity contribution >= 4 is 23.6 Å². The normalized spacial score (nSPS) is 14.8. The molecule has 130 valence electrons. The summed E-state index contributed by atoms with van der Waals surface area (Å²) in [6.45, 7) is 5.61. The van der Waals surface area contributed by atoms with Crippen LogP contribution in [0.3, 0.4) is 0 Å². The number of hydrogen-bond acceptors (Lipinski definition) is 4. The van der Waals surface area contributed by atoms with Crippen LogP contribution in [0.2, 0.25) is 0 Å². The van der Waals surface area contributed by atoms with Gasteiger partial charge in [-0.3, -0.25) is 9.59 Å². The highest BCUT2D eigenvalue weighted by Gasteiger charge is 2.23. The molecule has 2 rings (SSSR count). The topological polar surface area (TPSA) is 79.0 Å². The number of nitrogens with one attached hydrogen (secondary N) is 1. The third-order valence-corrected chi connectivity index (χ3v) is 3.74. The Morgan fingerprint density at radius 1 is 1.12 bits per heavy atom. The second-order valence-corrected chi connectivity index (χ2v) is 5.59. The predicted molar refractivity (Wildman–Crippen MR) is 89.9 cm³/mol. The van der Waals surface area contributed by atoms with E-state index in [1.165, 1.54) is 6.92 Å². The van der Waals surface area contributed by atoms with Crippen LogP contribution in [0.4, 0.5) is 10.5 Å². The molecule has 1 N–H and O–H groups in total. The zero-order valence-electron chi connectivity index (χ0n) is 14.1. The molecule has 1 aliphatic rings. The second kappa shape index (κ2) is 8.33. The Bertz CT molecular complexity index is 618. The summed E-state index contributed by atoms with van der Waals surface area (Å²) in [6, 6.07) is 6.86. The number of hydrogen-bond donors (Lipinski definition) is 1. The van der Waals surface area contributed by atoms with E-state index in [1.54, 1.807) is 41.0 Å². The van der Waals surface area contributed by atoms with E-state index in [0.29, 0.717) is 50.5 Å². The summed E-state index contributed by atoms with van der Waals surface area (Å²) in [5.41, 5.74) is 1.11. The van der Waals surface area contributed by atoms with E-state index in [0.717, 1.165) is 0 Å². The lowest BCUT2D eigenvalue weighted by atomic mass is 10.1. The first-order chi connectivity index (χ1) is 11.5. The number of ether oxygens (including phenoxy) is 1. The Labute approximate surface area is 141 Å². The first kappa shape index (κ1) is 17.8. The van der Waals surface area contributed by atoms with Crippen LogP contribution in [0.25, 0.3) is 0 Å². The molecule has 1 aliphatic heterocycles. The highest BCUT2D eigenvalue weighted by molar-refractivity contribution is 5.96. The van der Waals surface area contributed by atoms with Crippen LogP contribution >= 0.6 is 0 Å². The molecule has 0 unspecified atom stereocenters. The number of amides is 3. The van der Waals surface area contributed by atoms with Crippen molar-refractivity contribution in [3.8, 4) is 0 Å². The van der Waals surface area contributed by atoms with Crippen LogP contribution in [0.5, 0.6) is 0 Å². The molecule has 0 saturated carbocycles. The molecule has 0 bridgehead atoms. The molecule has 1 heterocycles. The second-order valence-electron chi connectivity index (χ2n) is 5.59. The van der Waals surface area contributed by atoms with Gasteiger partial charge in [0.1, 0.15) is 0 Å². The minimum Gasteiger partial charge on any atom is -0.450 e. The zero-order valence-corrected chi connectivity index (χ0v) is 14.1. The van der Waals surface area contributed by atoms with Gasteiger partial charge in [-0.05, 0) is 31.5 Å². The monoisotopic (exact) mass is 333 g/mol. The fourth-order valence-electron chi connectivity index (χ4n) is 2.63. The average Bonchev–Trinajstić information content (AvgIpc) is 2.80. The number of carbonyl (C=O) groups is 3. The van der Waals surface area contributed by atoms with Gasteiger partial charge < -0.3 is 19.9 Å². The molecule has 1 aromatic rings. The Morgan fingerprint density at radius 2 is 1.83 bits per heavy atom. The molecule has 1 fully saturated rings. The van der Waals surface area contributed by atoms with Gasteiger partial charge in [0.2, 0.25) is 5.91 Å². The largest absolute Gasteiger partial charge is 0.450 e. The molecule has 0 aromatic heterocycles. The molecule has 0 atom stereocenters. The summed E-state index contributed by atoms with van der Waals surface area (Å²) in [5, 5.41) is 2.67. The summed E-state index contributed by atoms with van der Waals surface area (Å²) < 4.78 is 5.01. The molecule has 7 heteroatoms. The van der Waals surface area contributed by atoms with Crippen molar-refractivity contribution in [2.45, 2.75) is 20.3 Å². The summed E-state index contributed by atoms with van der Waals surface area (Å²) >= 11 is 0. The van der Waals surface area contributed by atoms with Gasteiger partial charge >= 0.3 is 6.09 Å². The SMILES string of the molecule is CCOC(=O)N1CCCN(C(=O)c2cccc(NC(C)=O)c2)CC1. The minimum atomic E-state index is -0.334. The molecule has 0 radical (unpaired) electrons. The Balaban J connectivity index is 2.02. The Kier molecular flexibility index (Phi) is 6.17. The smallest absolute Gasteiger partial charge is 0.409 e. The van der Waals surface area contributed by atoms with E-state index in [2.05, 4.69) is 5.32 Å². The van der Waals surface area contributed by atoms with Crippen molar-refractivity contribution < 1.29 is 19.1 Å². The fourth-order valence-corrected chi connectivity index (χ4v) is 2.63. The van der Waals surface area contributed by atoms with E-state index in [9.17, 15) is 14.4 Å². The molecule has 24 heavy (non-hydrogen) atoms. The van der Waals surface area contributed by atoms with E-state index >= 15 is 0 Å². The zero-order chi connectivity index (χ0) is 17.5. The highest BCUT2D eigenvalue weighted by Crippen LogP contribution is 2.14. The summed E-state index contributed by atoms with van der Waals surface area (Å²) in [6.07, 6.45) is 0.370. The van der Waals surface area contributed by atoms with Gasteiger partial charge in [-0.25, -0.2) is 4.79 Å². The minimum absolute atomic E-state index is 0.104. The number of anilines is 1. The molecular formula is C17H23N3O4. The van der Waals surface area contributed by atoms with Crippen LogP contribution in [0, 0.1) is 0 Å². The number of rotatable bonds is 3. The molecule has 1 saturated heterocycles. The van der Waals surface area contributed by atoms with Gasteiger partial charge in [0, 0.05) is 44.4 Å². The first-order valence-electron chi connectivity index (χ1n) is 8.10. The Morgan fingerprint density at radius 3 is 2.54 bits per heavy atom. The lowest BCUT2D eigenvalue weighted by Crippen LogP contribution is -2.37. The van der Waals surface area contributed by atoms with Crippen LogP contribution in [0.15, 0.2) is 24.3 Å². The van der Waals surface area contributed by atoms with Crippen molar-refractivity contribution in [2.75, 3.05) is 38.1 Å². The lowest BCUT2D eigenvalue weighted by Gasteiger charge is -2.22.